The highest BCUT2D eigenvalue weighted by atomic mass is 32.2. The summed E-state index contributed by atoms with van der Waals surface area (Å²) in [6.07, 6.45) is 1.59. The number of ether oxygens (including phenoxy) is 2. The minimum atomic E-state index is -0.375. The second-order valence-electron chi connectivity index (χ2n) is 7.59. The number of fused-ring (bicyclic) bond motifs is 1. The van der Waals surface area contributed by atoms with Crippen LogP contribution in [0.3, 0.4) is 0 Å². The number of anilines is 1. The fourth-order valence-corrected chi connectivity index (χ4v) is 4.74. The van der Waals surface area contributed by atoms with E-state index in [0.29, 0.717) is 46.7 Å². The molecule has 0 unspecified atom stereocenters. The van der Waals surface area contributed by atoms with Crippen molar-refractivity contribution < 1.29 is 18.7 Å². The van der Waals surface area contributed by atoms with Gasteiger partial charge in [-0.15, -0.1) is 0 Å². The van der Waals surface area contributed by atoms with Crippen LogP contribution >= 0.6 is 11.8 Å². The van der Waals surface area contributed by atoms with E-state index in [4.69, 9.17) is 9.47 Å². The van der Waals surface area contributed by atoms with Crippen LogP contribution < -0.4 is 14.8 Å². The van der Waals surface area contributed by atoms with Crippen molar-refractivity contribution in [2.24, 2.45) is 0 Å². The van der Waals surface area contributed by atoms with Crippen LogP contribution in [0.1, 0.15) is 28.9 Å². The summed E-state index contributed by atoms with van der Waals surface area (Å²) in [6.45, 7) is 3.36. The van der Waals surface area contributed by atoms with Crippen LogP contribution in [-0.2, 0) is 0 Å². The Kier molecular flexibility index (Phi) is 6.69. The topological polar surface area (TPSA) is 63.7 Å². The summed E-state index contributed by atoms with van der Waals surface area (Å²) in [6, 6.07) is 9.91. The molecule has 168 valence electrons. The maximum absolute atomic E-state index is 14.2. The summed E-state index contributed by atoms with van der Waals surface area (Å²) in [5, 5.41) is 4.03. The van der Waals surface area contributed by atoms with E-state index < -0.39 is 0 Å². The van der Waals surface area contributed by atoms with Crippen LogP contribution in [0.4, 0.5) is 10.1 Å². The maximum atomic E-state index is 14.2. The zero-order valence-corrected chi connectivity index (χ0v) is 19.2. The van der Waals surface area contributed by atoms with Crippen LogP contribution in [0.15, 0.2) is 42.6 Å². The highest BCUT2D eigenvalue weighted by Crippen LogP contribution is 2.34. The first-order valence-electron chi connectivity index (χ1n) is 10.5. The summed E-state index contributed by atoms with van der Waals surface area (Å²) in [5.41, 5.74) is 2.60. The van der Waals surface area contributed by atoms with E-state index in [2.05, 4.69) is 10.3 Å². The molecule has 6 nitrogen and oxygen atoms in total. The normalized spacial score (nSPS) is 14.8. The highest BCUT2D eigenvalue weighted by Gasteiger charge is 2.24. The van der Waals surface area contributed by atoms with Gasteiger partial charge in [-0.1, -0.05) is 6.07 Å². The summed E-state index contributed by atoms with van der Waals surface area (Å²) in [7, 11) is 3.18. The van der Waals surface area contributed by atoms with E-state index >= 15 is 0 Å². The van der Waals surface area contributed by atoms with Gasteiger partial charge in [-0.3, -0.25) is 9.78 Å². The smallest absolute Gasteiger partial charge is 0.257 e. The average molecular weight is 456 g/mol. The fraction of sp³-hybridized carbons (Fsp3) is 0.333. The lowest BCUT2D eigenvalue weighted by Gasteiger charge is -2.28. The molecule has 1 N–H and O–H groups in total. The van der Waals surface area contributed by atoms with Gasteiger partial charge in [0.15, 0.2) is 11.5 Å². The van der Waals surface area contributed by atoms with Gasteiger partial charge in [0.2, 0.25) is 0 Å². The van der Waals surface area contributed by atoms with Gasteiger partial charge in [-0.2, -0.15) is 11.8 Å². The maximum Gasteiger partial charge on any atom is 0.257 e. The molecule has 1 atom stereocenters. The molecule has 3 aromatic rings. The standard InChI is InChI=1S/C24H26FN3O3S/c1-15(16-4-7-21(30-2)22(12-16)31-3)27-23-18-13-17(25)5-6-20(18)26-14-19(23)24(29)28-8-10-32-11-9-28/h4-7,12-15H,8-11H2,1-3H3,(H,26,27)/t15-/m1/s1. The molecule has 2 aromatic carbocycles. The minimum absolute atomic E-state index is 0.0917. The Morgan fingerprint density at radius 2 is 1.88 bits per heavy atom. The van der Waals surface area contributed by atoms with Gasteiger partial charge >= 0.3 is 0 Å². The SMILES string of the molecule is COc1ccc([C@@H](C)Nc2c(C(=O)N3CCSCC3)cnc3ccc(F)cc23)cc1OC. The van der Waals surface area contributed by atoms with Crippen molar-refractivity contribution in [2.75, 3.05) is 44.1 Å². The van der Waals surface area contributed by atoms with E-state index in [0.717, 1.165) is 17.1 Å². The Morgan fingerprint density at radius 3 is 2.59 bits per heavy atom. The van der Waals surface area contributed by atoms with Crippen molar-refractivity contribution in [1.29, 1.82) is 0 Å². The number of hydrogen-bond donors (Lipinski definition) is 1. The molecule has 0 spiro atoms. The van der Waals surface area contributed by atoms with Crippen molar-refractivity contribution in [1.82, 2.24) is 9.88 Å². The zero-order valence-electron chi connectivity index (χ0n) is 18.4. The summed E-state index contributed by atoms with van der Waals surface area (Å²) >= 11 is 1.84. The monoisotopic (exact) mass is 455 g/mol. The van der Waals surface area contributed by atoms with E-state index in [1.165, 1.54) is 12.1 Å². The number of carbonyl (C=O) groups is 1. The van der Waals surface area contributed by atoms with Crippen molar-refractivity contribution in [3.63, 3.8) is 0 Å². The predicted molar refractivity (Wildman–Crippen MR) is 127 cm³/mol. The van der Waals surface area contributed by atoms with Gasteiger partial charge in [0.25, 0.3) is 5.91 Å². The third kappa shape index (κ3) is 4.46. The van der Waals surface area contributed by atoms with Crippen LogP contribution in [0, 0.1) is 5.82 Å². The molecule has 0 bridgehead atoms. The molecule has 32 heavy (non-hydrogen) atoms. The Morgan fingerprint density at radius 1 is 1.12 bits per heavy atom. The molecule has 1 fully saturated rings. The van der Waals surface area contributed by atoms with Crippen molar-refractivity contribution in [2.45, 2.75) is 13.0 Å². The van der Waals surface area contributed by atoms with Crippen LogP contribution in [0.25, 0.3) is 10.9 Å². The third-order valence-electron chi connectivity index (χ3n) is 5.63. The van der Waals surface area contributed by atoms with Gasteiger partial charge in [0.1, 0.15) is 5.82 Å². The summed E-state index contributed by atoms with van der Waals surface area (Å²) in [5.74, 6) is 2.61. The molecule has 2 heterocycles. The first-order chi connectivity index (χ1) is 15.5. The van der Waals surface area contributed by atoms with Crippen LogP contribution in [0.2, 0.25) is 0 Å². The summed E-state index contributed by atoms with van der Waals surface area (Å²) < 4.78 is 24.9. The van der Waals surface area contributed by atoms with E-state index in [1.54, 1.807) is 26.5 Å². The second kappa shape index (κ2) is 9.65. The second-order valence-corrected chi connectivity index (χ2v) is 8.82. The first-order valence-corrected chi connectivity index (χ1v) is 11.6. The van der Waals surface area contributed by atoms with E-state index in [1.807, 2.05) is 41.8 Å². The molecule has 1 saturated heterocycles. The molecule has 1 aliphatic rings. The number of aromatic nitrogens is 1. The lowest BCUT2D eigenvalue weighted by Crippen LogP contribution is -2.38. The molecule has 0 aliphatic carbocycles. The molecule has 8 heteroatoms. The fourth-order valence-electron chi connectivity index (χ4n) is 3.84. The van der Waals surface area contributed by atoms with Gasteiger partial charge in [-0.25, -0.2) is 4.39 Å². The number of nitrogens with zero attached hydrogens (tertiary/aromatic N) is 2. The summed E-state index contributed by atoms with van der Waals surface area (Å²) in [4.78, 5) is 19.6. The number of methoxy groups -OCH3 is 2. The van der Waals surface area contributed by atoms with Crippen molar-refractivity contribution in [3.8, 4) is 11.5 Å². The van der Waals surface area contributed by atoms with Gasteiger partial charge in [-0.05, 0) is 42.8 Å². The van der Waals surface area contributed by atoms with Gasteiger partial charge in [0.05, 0.1) is 31.0 Å². The van der Waals surface area contributed by atoms with Crippen LogP contribution in [-0.4, -0.2) is 54.6 Å². The van der Waals surface area contributed by atoms with Gasteiger partial charge < -0.3 is 19.7 Å². The first kappa shape index (κ1) is 22.2. The van der Waals surface area contributed by atoms with Crippen molar-refractivity contribution in [3.05, 3.63) is 59.5 Å². The van der Waals surface area contributed by atoms with Gasteiger partial charge in [0, 0.05) is 42.2 Å². The lowest BCUT2D eigenvalue weighted by molar-refractivity contribution is 0.0773. The quantitative estimate of drug-likeness (QED) is 0.579. The Hall–Kier alpha value is -3.00. The number of nitrogens with one attached hydrogen (secondary N) is 1. The average Bonchev–Trinajstić information content (AvgIpc) is 2.83. The number of rotatable bonds is 6. The Balaban J connectivity index is 1.75. The number of thioether (sulfide) groups is 1. The molecule has 1 aliphatic heterocycles. The molecular weight excluding hydrogens is 429 g/mol. The number of amides is 1. The molecule has 4 rings (SSSR count). The zero-order chi connectivity index (χ0) is 22.7. The lowest BCUT2D eigenvalue weighted by atomic mass is 10.0. The number of benzene rings is 2. The number of halogens is 1. The molecular formula is C24H26FN3O3S. The molecule has 0 saturated carbocycles. The Labute approximate surface area is 191 Å². The van der Waals surface area contributed by atoms with Crippen LogP contribution in [0.5, 0.6) is 11.5 Å². The Bertz CT molecular complexity index is 1130. The molecule has 0 radical (unpaired) electrons. The number of pyridine rings is 1. The van der Waals surface area contributed by atoms with Crippen molar-refractivity contribution >= 4 is 34.3 Å². The number of carbonyl (C=O) groups excluding carboxylic acids is 1. The largest absolute Gasteiger partial charge is 0.493 e. The molecule has 1 aromatic heterocycles. The van der Waals surface area contributed by atoms with E-state index in [-0.39, 0.29) is 17.8 Å². The molecule has 1 amide bonds. The predicted octanol–water partition coefficient (Wildman–Crippen LogP) is 4.75. The minimum Gasteiger partial charge on any atom is -0.493 e. The third-order valence-corrected chi connectivity index (χ3v) is 6.57. The highest BCUT2D eigenvalue weighted by molar-refractivity contribution is 7.99. The number of hydrogen-bond acceptors (Lipinski definition) is 6. The van der Waals surface area contributed by atoms with E-state index in [9.17, 15) is 9.18 Å².